The van der Waals surface area contributed by atoms with E-state index in [0.717, 1.165) is 0 Å². The minimum Gasteiger partial charge on any atom is -0.378 e. The van der Waals surface area contributed by atoms with Gasteiger partial charge in [-0.25, -0.2) is 8.42 Å². The van der Waals surface area contributed by atoms with Crippen molar-refractivity contribution in [2.45, 2.75) is 20.0 Å². The first-order chi connectivity index (χ1) is 9.84. The van der Waals surface area contributed by atoms with Crippen LogP contribution in [0.3, 0.4) is 0 Å². The molecule has 0 aliphatic heterocycles. The van der Waals surface area contributed by atoms with Crippen molar-refractivity contribution in [3.63, 3.8) is 0 Å². The fourth-order valence-corrected chi connectivity index (χ4v) is 2.56. The van der Waals surface area contributed by atoms with Crippen LogP contribution in [0.2, 0.25) is 5.02 Å². The number of nitrogens with one attached hydrogen (secondary N) is 1. The lowest BCUT2D eigenvalue weighted by Crippen LogP contribution is -2.22. The van der Waals surface area contributed by atoms with Gasteiger partial charge >= 0.3 is 0 Å². The van der Waals surface area contributed by atoms with Crippen molar-refractivity contribution in [3.05, 3.63) is 28.8 Å². The molecule has 0 saturated heterocycles. The van der Waals surface area contributed by atoms with Gasteiger partial charge in [-0.3, -0.25) is 4.72 Å². The highest BCUT2D eigenvalue weighted by Gasteiger charge is 2.13. The molecule has 116 valence electrons. The third-order valence-electron chi connectivity index (χ3n) is 2.38. The molecule has 0 amide bonds. The Morgan fingerprint density at radius 3 is 2.76 bits per heavy atom. The molecule has 0 aliphatic carbocycles. The standard InChI is InChI=1S/C14H19ClN2O3S/c1-11(2)20-8-9-21(18,19)17-14-10-13(15)6-5-12(14)4-3-7-16/h5-6,10-11,17H,7-9,16H2,1-2H3. The largest absolute Gasteiger partial charge is 0.378 e. The first kappa shape index (κ1) is 17.8. The van der Waals surface area contributed by atoms with E-state index in [-0.39, 0.29) is 25.0 Å². The minimum atomic E-state index is -3.53. The Bertz CT molecular complexity index is 633. The zero-order valence-corrected chi connectivity index (χ0v) is 13.6. The molecule has 0 aromatic heterocycles. The molecule has 0 bridgehead atoms. The summed E-state index contributed by atoms with van der Waals surface area (Å²) in [6.45, 7) is 4.00. The third kappa shape index (κ3) is 6.82. The highest BCUT2D eigenvalue weighted by atomic mass is 35.5. The van der Waals surface area contributed by atoms with Gasteiger partial charge in [0.2, 0.25) is 10.0 Å². The van der Waals surface area contributed by atoms with Gasteiger partial charge in [-0.2, -0.15) is 0 Å². The van der Waals surface area contributed by atoms with E-state index in [0.29, 0.717) is 16.3 Å². The van der Waals surface area contributed by atoms with E-state index in [1.54, 1.807) is 12.1 Å². The Balaban J connectivity index is 2.87. The molecule has 0 spiro atoms. The number of ether oxygens (including phenoxy) is 1. The van der Waals surface area contributed by atoms with Gasteiger partial charge in [0.1, 0.15) is 0 Å². The summed E-state index contributed by atoms with van der Waals surface area (Å²) in [7, 11) is -3.53. The average Bonchev–Trinajstić information content (AvgIpc) is 2.36. The van der Waals surface area contributed by atoms with Gasteiger partial charge in [-0.05, 0) is 32.0 Å². The predicted octanol–water partition coefficient (Wildman–Crippen LogP) is 1.82. The van der Waals surface area contributed by atoms with Crippen molar-refractivity contribution in [1.82, 2.24) is 0 Å². The maximum atomic E-state index is 12.0. The summed E-state index contributed by atoms with van der Waals surface area (Å²) in [5.41, 5.74) is 6.19. The predicted molar refractivity (Wildman–Crippen MR) is 85.9 cm³/mol. The number of anilines is 1. The Kier molecular flexibility index (Phi) is 6.99. The van der Waals surface area contributed by atoms with E-state index in [9.17, 15) is 8.42 Å². The van der Waals surface area contributed by atoms with Crippen LogP contribution in [0.5, 0.6) is 0 Å². The van der Waals surface area contributed by atoms with Gasteiger partial charge < -0.3 is 10.5 Å². The van der Waals surface area contributed by atoms with Crippen LogP contribution in [0.1, 0.15) is 19.4 Å². The first-order valence-electron chi connectivity index (χ1n) is 6.44. The van der Waals surface area contributed by atoms with Crippen molar-refractivity contribution < 1.29 is 13.2 Å². The Hall–Kier alpha value is -1.26. The van der Waals surface area contributed by atoms with Crippen molar-refractivity contribution in [2.75, 3.05) is 23.6 Å². The summed E-state index contributed by atoms with van der Waals surface area (Å²) in [6, 6.07) is 4.80. The molecule has 0 radical (unpaired) electrons. The highest BCUT2D eigenvalue weighted by Crippen LogP contribution is 2.21. The van der Waals surface area contributed by atoms with Crippen LogP contribution >= 0.6 is 11.6 Å². The topological polar surface area (TPSA) is 81.4 Å². The van der Waals surface area contributed by atoms with Crippen LogP contribution in [-0.2, 0) is 14.8 Å². The SMILES string of the molecule is CC(C)OCCS(=O)(=O)Nc1cc(Cl)ccc1C#CCN. The molecule has 0 aliphatic rings. The number of sulfonamides is 1. The summed E-state index contributed by atoms with van der Waals surface area (Å²) in [6.07, 6.45) is -0.0163. The van der Waals surface area contributed by atoms with Crippen molar-refractivity contribution in [3.8, 4) is 11.8 Å². The summed E-state index contributed by atoms with van der Waals surface area (Å²) >= 11 is 5.89. The van der Waals surface area contributed by atoms with Crippen LogP contribution in [0.25, 0.3) is 0 Å². The molecule has 1 rings (SSSR count). The maximum Gasteiger partial charge on any atom is 0.235 e. The fraction of sp³-hybridized carbons (Fsp3) is 0.429. The van der Waals surface area contributed by atoms with E-state index < -0.39 is 10.0 Å². The molecular weight excluding hydrogens is 312 g/mol. The monoisotopic (exact) mass is 330 g/mol. The second kappa shape index (κ2) is 8.25. The number of hydrogen-bond donors (Lipinski definition) is 2. The van der Waals surface area contributed by atoms with Gasteiger partial charge in [-0.1, -0.05) is 23.4 Å². The maximum absolute atomic E-state index is 12.0. The number of halogens is 1. The van der Waals surface area contributed by atoms with Gasteiger partial charge in [0, 0.05) is 10.6 Å². The van der Waals surface area contributed by atoms with Crippen LogP contribution in [0, 0.1) is 11.8 Å². The van der Waals surface area contributed by atoms with Gasteiger partial charge in [0.05, 0.1) is 30.7 Å². The molecule has 0 fully saturated rings. The Labute approximate surface area is 130 Å². The third-order valence-corrected chi connectivity index (χ3v) is 3.85. The molecule has 0 saturated carbocycles. The van der Waals surface area contributed by atoms with E-state index in [4.69, 9.17) is 22.1 Å². The zero-order chi connectivity index (χ0) is 15.9. The Morgan fingerprint density at radius 2 is 2.14 bits per heavy atom. The van der Waals surface area contributed by atoms with Crippen LogP contribution < -0.4 is 10.5 Å². The molecule has 5 nitrogen and oxygen atoms in total. The first-order valence-corrected chi connectivity index (χ1v) is 8.47. The molecule has 0 heterocycles. The van der Waals surface area contributed by atoms with Gasteiger partial charge in [0.15, 0.2) is 0 Å². The lowest BCUT2D eigenvalue weighted by molar-refractivity contribution is 0.0913. The van der Waals surface area contributed by atoms with E-state index in [1.807, 2.05) is 13.8 Å². The quantitative estimate of drug-likeness (QED) is 0.779. The molecular formula is C14H19ClN2O3S. The number of rotatable bonds is 6. The lowest BCUT2D eigenvalue weighted by atomic mass is 10.2. The van der Waals surface area contributed by atoms with E-state index in [1.165, 1.54) is 6.07 Å². The summed E-state index contributed by atoms with van der Waals surface area (Å²) in [4.78, 5) is 0. The summed E-state index contributed by atoms with van der Waals surface area (Å²) in [5.74, 6) is 5.35. The molecule has 21 heavy (non-hydrogen) atoms. The van der Waals surface area contributed by atoms with Gasteiger partial charge in [0.25, 0.3) is 0 Å². The fourth-order valence-electron chi connectivity index (χ4n) is 1.47. The molecule has 0 unspecified atom stereocenters. The van der Waals surface area contributed by atoms with Crippen molar-refractivity contribution >= 4 is 27.3 Å². The van der Waals surface area contributed by atoms with Crippen molar-refractivity contribution in [1.29, 1.82) is 0 Å². The normalized spacial score (nSPS) is 11.1. The van der Waals surface area contributed by atoms with Crippen LogP contribution in [-0.4, -0.2) is 33.4 Å². The second-order valence-electron chi connectivity index (χ2n) is 4.54. The lowest BCUT2D eigenvalue weighted by Gasteiger charge is -2.11. The van der Waals surface area contributed by atoms with Crippen LogP contribution in [0.15, 0.2) is 18.2 Å². The number of benzene rings is 1. The molecule has 3 N–H and O–H groups in total. The zero-order valence-electron chi connectivity index (χ0n) is 12.0. The smallest absolute Gasteiger partial charge is 0.235 e. The number of nitrogens with two attached hydrogens (primary N) is 1. The van der Waals surface area contributed by atoms with E-state index in [2.05, 4.69) is 16.6 Å². The van der Waals surface area contributed by atoms with E-state index >= 15 is 0 Å². The average molecular weight is 331 g/mol. The molecule has 1 aromatic rings. The number of hydrogen-bond acceptors (Lipinski definition) is 4. The Morgan fingerprint density at radius 1 is 1.43 bits per heavy atom. The summed E-state index contributed by atoms with van der Waals surface area (Å²) in [5, 5.41) is 0.421. The minimum absolute atomic E-state index is 0.0163. The van der Waals surface area contributed by atoms with Crippen molar-refractivity contribution in [2.24, 2.45) is 5.73 Å². The van der Waals surface area contributed by atoms with Crippen LogP contribution in [0.4, 0.5) is 5.69 Å². The van der Waals surface area contributed by atoms with Gasteiger partial charge in [-0.15, -0.1) is 0 Å². The highest BCUT2D eigenvalue weighted by molar-refractivity contribution is 7.92. The molecule has 1 aromatic carbocycles. The summed E-state index contributed by atoms with van der Waals surface area (Å²) < 4.78 is 31.7. The molecule has 7 heteroatoms. The molecule has 0 atom stereocenters. The second-order valence-corrected chi connectivity index (χ2v) is 6.81.